The molecule has 0 aliphatic carbocycles. The van der Waals surface area contributed by atoms with E-state index in [1.807, 2.05) is 24.3 Å². The summed E-state index contributed by atoms with van der Waals surface area (Å²) < 4.78 is 18.9. The molecule has 0 bridgehead atoms. The van der Waals surface area contributed by atoms with Crippen LogP contribution in [0.4, 0.5) is 0 Å². The van der Waals surface area contributed by atoms with Crippen molar-refractivity contribution >= 4 is 94.8 Å². The summed E-state index contributed by atoms with van der Waals surface area (Å²) in [7, 11) is -2.88. The van der Waals surface area contributed by atoms with Gasteiger partial charge in [0, 0.05) is 38.5 Å². The summed E-state index contributed by atoms with van der Waals surface area (Å²) in [5, 5.41) is 11.8. The molecule has 0 unspecified atom stereocenters. The van der Waals surface area contributed by atoms with E-state index in [-0.39, 0.29) is 0 Å². The van der Waals surface area contributed by atoms with Gasteiger partial charge in [-0.25, -0.2) is 4.98 Å². The first-order chi connectivity index (χ1) is 25.7. The van der Waals surface area contributed by atoms with Crippen molar-refractivity contribution in [3.63, 3.8) is 0 Å². The Bertz CT molecular complexity index is 3100. The topological polar surface area (TPSA) is 52.3 Å². The zero-order valence-corrected chi connectivity index (χ0v) is 28.9. The van der Waals surface area contributed by atoms with Crippen molar-refractivity contribution in [2.75, 3.05) is 0 Å². The van der Waals surface area contributed by atoms with Crippen LogP contribution in [-0.2, 0) is 0 Å². The Morgan fingerprint density at radius 3 is 1.42 bits per heavy atom. The first-order valence-electron chi connectivity index (χ1n) is 17.5. The number of fused-ring (bicyclic) bond motifs is 9. The number of aromatic nitrogens is 1. The second-order valence-corrected chi connectivity index (χ2v) is 17.3. The van der Waals surface area contributed by atoms with E-state index in [1.165, 1.54) is 20.7 Å². The Labute approximate surface area is 299 Å². The van der Waals surface area contributed by atoms with Gasteiger partial charge in [0.2, 0.25) is 5.71 Å². The zero-order valence-electron chi connectivity index (χ0n) is 27.9. The summed E-state index contributed by atoms with van der Waals surface area (Å²) in [6.07, 6.45) is 1.77. The van der Waals surface area contributed by atoms with Crippen molar-refractivity contribution in [3.8, 4) is 11.1 Å². The van der Waals surface area contributed by atoms with Crippen molar-refractivity contribution in [1.82, 2.24) is 4.98 Å². The van der Waals surface area contributed by atoms with Crippen LogP contribution in [0.5, 0.6) is 0 Å². The summed E-state index contributed by atoms with van der Waals surface area (Å²) in [5.41, 5.74) is 7.27. The van der Waals surface area contributed by atoms with Crippen LogP contribution in [0.25, 0.3) is 77.1 Å². The van der Waals surface area contributed by atoms with E-state index < -0.39 is 8.07 Å². The zero-order chi connectivity index (χ0) is 34.2. The summed E-state index contributed by atoms with van der Waals surface area (Å²) in [6, 6.07) is 61.0. The van der Waals surface area contributed by atoms with Crippen LogP contribution in [0, 0.1) is 0 Å². The van der Waals surface area contributed by atoms with Crippen molar-refractivity contribution < 1.29 is 13.3 Å². The van der Waals surface area contributed by atoms with Crippen LogP contribution in [-0.4, -0.2) is 13.1 Å². The van der Waals surface area contributed by atoms with Crippen LogP contribution in [0.3, 0.4) is 0 Å². The molecule has 5 heteroatoms. The van der Waals surface area contributed by atoms with Crippen molar-refractivity contribution in [2.24, 2.45) is 0 Å². The van der Waals surface area contributed by atoms with Gasteiger partial charge < -0.3 is 13.3 Å². The third-order valence-electron chi connectivity index (χ3n) is 10.7. The van der Waals surface area contributed by atoms with Gasteiger partial charge in [-0.15, -0.1) is 0 Å². The van der Waals surface area contributed by atoms with Crippen molar-refractivity contribution in [3.05, 3.63) is 176 Å². The predicted molar refractivity (Wildman–Crippen MR) is 215 cm³/mol. The molecule has 0 aliphatic heterocycles. The van der Waals surface area contributed by atoms with Crippen molar-refractivity contribution in [2.45, 2.75) is 0 Å². The number of benzene rings is 7. The summed E-state index contributed by atoms with van der Waals surface area (Å²) in [6.45, 7) is 0. The Kier molecular flexibility index (Phi) is 6.24. The summed E-state index contributed by atoms with van der Waals surface area (Å²) >= 11 is 0. The Morgan fingerprint density at radius 1 is 0.327 bits per heavy atom. The predicted octanol–water partition coefficient (Wildman–Crippen LogP) is 9.82. The van der Waals surface area contributed by atoms with Gasteiger partial charge in [0.25, 0.3) is 0 Å². The minimum absolute atomic E-state index is 0.656. The van der Waals surface area contributed by atoms with Gasteiger partial charge in [-0.1, -0.05) is 115 Å². The van der Waals surface area contributed by atoms with Gasteiger partial charge in [0.05, 0.1) is 0 Å². The average Bonchev–Trinajstić information content (AvgIpc) is 3.89. The second kappa shape index (κ2) is 11.2. The number of para-hydroxylation sites is 1. The minimum Gasteiger partial charge on any atom is -0.456 e. The van der Waals surface area contributed by atoms with E-state index in [1.54, 1.807) is 6.20 Å². The molecular formula is C47H29NO3Si. The smallest absolute Gasteiger partial charge is 0.227 e. The Hall–Kier alpha value is -6.69. The van der Waals surface area contributed by atoms with Crippen LogP contribution in [0.1, 0.15) is 0 Å². The number of hydrogen-bond acceptors (Lipinski definition) is 4. The first-order valence-corrected chi connectivity index (χ1v) is 19.5. The molecule has 0 spiro atoms. The van der Waals surface area contributed by atoms with Crippen LogP contribution >= 0.6 is 0 Å². The van der Waals surface area contributed by atoms with Crippen LogP contribution in [0.15, 0.2) is 189 Å². The molecule has 0 N–H and O–H groups in total. The largest absolute Gasteiger partial charge is 0.456 e. The number of hydrogen-bond donors (Lipinski definition) is 0. The third kappa shape index (κ3) is 4.23. The van der Waals surface area contributed by atoms with E-state index in [0.29, 0.717) is 5.71 Å². The van der Waals surface area contributed by atoms with E-state index in [4.69, 9.17) is 13.3 Å². The molecule has 0 fully saturated rings. The van der Waals surface area contributed by atoms with Crippen LogP contribution < -0.4 is 20.7 Å². The molecule has 4 aromatic heterocycles. The second-order valence-electron chi connectivity index (χ2n) is 13.5. The van der Waals surface area contributed by atoms with Gasteiger partial charge in [0.1, 0.15) is 27.9 Å². The van der Waals surface area contributed by atoms with Gasteiger partial charge in [-0.2, -0.15) is 0 Å². The molecule has 11 rings (SSSR count). The quantitative estimate of drug-likeness (QED) is 0.134. The maximum Gasteiger partial charge on any atom is 0.227 e. The minimum atomic E-state index is -2.88. The SMILES string of the molecule is c1ccc([Si](c2ccccc2)(c2ccc3oc4ccccc4c3c2)c2ccc3oc4ccc(-c5ccc6oc7ncccc7c6c5)cc4c3c2)cc1. The molecule has 4 nitrogen and oxygen atoms in total. The maximum absolute atomic E-state index is 6.52. The lowest BCUT2D eigenvalue weighted by Gasteiger charge is -2.34. The maximum atomic E-state index is 6.52. The fraction of sp³-hybridized carbons (Fsp3) is 0. The molecule has 52 heavy (non-hydrogen) atoms. The standard InChI is InChI=1S/C47H29NO3Si/c1-3-10-32(11-4-1)52(33-12-5-2-6-13-33,34-19-23-44-40(28-34)36-14-7-8-16-42(36)49-44)35-20-24-45-41(29-35)39-27-31(17-21-43(39)50-45)30-18-22-46-38(26-30)37-15-9-25-48-47(37)51-46/h1-29H. The molecule has 7 aromatic carbocycles. The number of pyridine rings is 1. The molecule has 0 aliphatic rings. The third-order valence-corrected chi connectivity index (χ3v) is 15.5. The average molecular weight is 684 g/mol. The highest BCUT2D eigenvalue weighted by atomic mass is 28.3. The first kappa shape index (κ1) is 29.1. The molecule has 0 saturated carbocycles. The van der Waals surface area contributed by atoms with Gasteiger partial charge >= 0.3 is 0 Å². The Morgan fingerprint density at radius 2 is 0.788 bits per heavy atom. The highest BCUT2D eigenvalue weighted by molar-refractivity contribution is 7.20. The van der Waals surface area contributed by atoms with E-state index in [9.17, 15) is 0 Å². The number of rotatable bonds is 5. The molecular weight excluding hydrogens is 655 g/mol. The number of nitrogens with zero attached hydrogens (tertiary/aromatic N) is 1. The molecule has 0 saturated heterocycles. The highest BCUT2D eigenvalue weighted by Crippen LogP contribution is 2.36. The van der Waals surface area contributed by atoms with E-state index in [2.05, 4.69) is 151 Å². The molecule has 0 atom stereocenters. The van der Waals surface area contributed by atoms with Gasteiger partial charge in [-0.3, -0.25) is 0 Å². The van der Waals surface area contributed by atoms with Crippen molar-refractivity contribution in [1.29, 1.82) is 0 Å². The summed E-state index contributed by atoms with van der Waals surface area (Å²) in [4.78, 5) is 4.43. The molecule has 244 valence electrons. The highest BCUT2D eigenvalue weighted by Gasteiger charge is 2.42. The fourth-order valence-corrected chi connectivity index (χ4v) is 13.1. The lowest BCUT2D eigenvalue weighted by Crippen LogP contribution is -2.74. The molecule has 0 radical (unpaired) electrons. The molecule has 4 heterocycles. The molecule has 11 aromatic rings. The van der Waals surface area contributed by atoms with Gasteiger partial charge in [-0.05, 0) is 86.5 Å². The molecule has 0 amide bonds. The Balaban J connectivity index is 1.17. The fourth-order valence-electron chi connectivity index (χ4n) is 8.32. The lowest BCUT2D eigenvalue weighted by atomic mass is 10.0. The number of furan rings is 3. The summed E-state index contributed by atoms with van der Waals surface area (Å²) in [5.74, 6) is 0. The normalized spacial score (nSPS) is 12.2. The van der Waals surface area contributed by atoms with E-state index in [0.717, 1.165) is 71.4 Å². The van der Waals surface area contributed by atoms with Crippen LogP contribution in [0.2, 0.25) is 0 Å². The van der Waals surface area contributed by atoms with Gasteiger partial charge in [0.15, 0.2) is 8.07 Å². The monoisotopic (exact) mass is 683 g/mol. The van der Waals surface area contributed by atoms with E-state index >= 15 is 0 Å². The lowest BCUT2D eigenvalue weighted by molar-refractivity contribution is 0.654.